The van der Waals surface area contributed by atoms with Crippen LogP contribution in [-0.2, 0) is 9.53 Å². The fourth-order valence-corrected chi connectivity index (χ4v) is 1.46. The van der Waals surface area contributed by atoms with Gasteiger partial charge in [0.1, 0.15) is 6.79 Å². The minimum absolute atomic E-state index is 0.736. The van der Waals surface area contributed by atoms with Gasteiger partial charge in [-0.3, -0.25) is 0 Å². The summed E-state index contributed by atoms with van der Waals surface area (Å²) in [6.07, 6.45) is 11.5. The second-order valence-corrected chi connectivity index (χ2v) is 4.16. The first-order valence-electron chi connectivity index (χ1n) is 9.67. The molecule has 0 heterocycles. The van der Waals surface area contributed by atoms with E-state index in [1.807, 2.05) is 47.5 Å². The average Bonchev–Trinajstić information content (AvgIpc) is 2.72. The van der Waals surface area contributed by atoms with Crippen molar-refractivity contribution in [3.63, 3.8) is 0 Å². The first-order valence-corrected chi connectivity index (χ1v) is 9.67. The topological polar surface area (TPSA) is 58.6 Å². The smallest absolute Gasteiger partial charge is 0.106 e. The van der Waals surface area contributed by atoms with Crippen molar-refractivity contribution in [1.29, 1.82) is 0 Å². The highest BCUT2D eigenvalue weighted by Crippen LogP contribution is 2.07. The Labute approximate surface area is 167 Å². The fraction of sp³-hybridized carbons (Fsp3) is 0.773. The SMILES string of the molecule is C=CC.C=CCCCCC(CCC)NC.C=O.CC.CC.CO.COC. The molecule has 0 fully saturated rings. The third-order valence-corrected chi connectivity index (χ3v) is 2.26. The molecule has 0 saturated heterocycles. The maximum atomic E-state index is 8.00. The molecular formula is C22H53NO3. The van der Waals surface area contributed by atoms with Gasteiger partial charge < -0.3 is 20.0 Å². The number of carbonyl (C=O) groups is 1. The third kappa shape index (κ3) is 111. The van der Waals surface area contributed by atoms with E-state index in [0.29, 0.717) is 0 Å². The lowest BCUT2D eigenvalue weighted by molar-refractivity contribution is -0.0979. The van der Waals surface area contributed by atoms with Crippen molar-refractivity contribution in [3.8, 4) is 0 Å². The molecule has 0 aromatic carbocycles. The largest absolute Gasteiger partial charge is 0.400 e. The van der Waals surface area contributed by atoms with Gasteiger partial charge in [-0.1, -0.05) is 59.6 Å². The number of aliphatic hydroxyl groups excluding tert-OH is 1. The lowest BCUT2D eigenvalue weighted by atomic mass is 10.0. The zero-order valence-electron chi connectivity index (χ0n) is 19.9. The normalized spacial score (nSPS) is 7.96. The van der Waals surface area contributed by atoms with Crippen molar-refractivity contribution in [3.05, 3.63) is 25.3 Å². The first kappa shape index (κ1) is 44.5. The molecular weight excluding hydrogens is 326 g/mol. The molecule has 0 aliphatic heterocycles. The van der Waals surface area contributed by atoms with E-state index in [4.69, 9.17) is 9.90 Å². The summed E-state index contributed by atoms with van der Waals surface area (Å²) < 4.78 is 4.25. The molecule has 4 nitrogen and oxygen atoms in total. The van der Waals surface area contributed by atoms with Gasteiger partial charge >= 0.3 is 0 Å². The number of rotatable bonds is 8. The summed E-state index contributed by atoms with van der Waals surface area (Å²) >= 11 is 0. The van der Waals surface area contributed by atoms with E-state index in [2.05, 4.69) is 37.2 Å². The van der Waals surface area contributed by atoms with Gasteiger partial charge in [-0.25, -0.2) is 0 Å². The van der Waals surface area contributed by atoms with Crippen LogP contribution >= 0.6 is 0 Å². The van der Waals surface area contributed by atoms with Crippen molar-refractivity contribution >= 4 is 6.79 Å². The minimum atomic E-state index is 0.736. The first-order chi connectivity index (χ1) is 12.7. The number of carbonyl (C=O) groups excluding carboxylic acids is 1. The zero-order valence-corrected chi connectivity index (χ0v) is 19.9. The van der Waals surface area contributed by atoms with Crippen LogP contribution in [0, 0.1) is 0 Å². The van der Waals surface area contributed by atoms with E-state index in [1.165, 1.54) is 38.5 Å². The van der Waals surface area contributed by atoms with Gasteiger partial charge in [0.15, 0.2) is 0 Å². The molecule has 1 atom stereocenters. The highest BCUT2D eigenvalue weighted by Gasteiger charge is 2.02. The highest BCUT2D eigenvalue weighted by molar-refractivity contribution is 5.10. The van der Waals surface area contributed by atoms with Crippen molar-refractivity contribution in [2.45, 2.75) is 86.1 Å². The molecule has 0 bridgehead atoms. The van der Waals surface area contributed by atoms with Gasteiger partial charge in [0.25, 0.3) is 0 Å². The Hall–Kier alpha value is -0.970. The summed E-state index contributed by atoms with van der Waals surface area (Å²) in [6.45, 7) is 21.2. The van der Waals surface area contributed by atoms with E-state index >= 15 is 0 Å². The van der Waals surface area contributed by atoms with Crippen LogP contribution in [-0.4, -0.2) is 46.3 Å². The summed E-state index contributed by atoms with van der Waals surface area (Å²) in [5.41, 5.74) is 0. The molecule has 0 aliphatic rings. The number of aliphatic hydroxyl groups is 1. The number of hydrogen-bond acceptors (Lipinski definition) is 4. The van der Waals surface area contributed by atoms with Crippen LogP contribution in [0.2, 0.25) is 0 Å². The van der Waals surface area contributed by atoms with Crippen LogP contribution in [0.15, 0.2) is 25.3 Å². The fourth-order valence-electron chi connectivity index (χ4n) is 1.46. The average molecular weight is 380 g/mol. The van der Waals surface area contributed by atoms with E-state index in [1.54, 1.807) is 20.3 Å². The zero-order chi connectivity index (χ0) is 22.6. The molecule has 0 rings (SSSR count). The number of allylic oxidation sites excluding steroid dienone is 2. The minimum Gasteiger partial charge on any atom is -0.400 e. The third-order valence-electron chi connectivity index (χ3n) is 2.26. The van der Waals surface area contributed by atoms with E-state index < -0.39 is 0 Å². The molecule has 0 spiro atoms. The van der Waals surface area contributed by atoms with Crippen LogP contribution in [0.1, 0.15) is 80.1 Å². The van der Waals surface area contributed by atoms with Crippen molar-refractivity contribution in [1.82, 2.24) is 5.32 Å². The molecule has 0 aliphatic carbocycles. The molecule has 0 saturated carbocycles. The Morgan fingerprint density at radius 3 is 1.58 bits per heavy atom. The van der Waals surface area contributed by atoms with E-state index in [9.17, 15) is 0 Å². The monoisotopic (exact) mass is 379 g/mol. The molecule has 0 aromatic heterocycles. The lowest BCUT2D eigenvalue weighted by Gasteiger charge is -2.14. The second kappa shape index (κ2) is 88.1. The Morgan fingerprint density at radius 1 is 1.00 bits per heavy atom. The number of hydrogen-bond donors (Lipinski definition) is 2. The summed E-state index contributed by atoms with van der Waals surface area (Å²) in [4.78, 5) is 8.00. The Morgan fingerprint density at radius 2 is 1.35 bits per heavy atom. The number of methoxy groups -OCH3 is 1. The summed E-state index contributed by atoms with van der Waals surface area (Å²) in [7, 11) is 6.31. The van der Waals surface area contributed by atoms with Gasteiger partial charge in [-0.2, -0.15) is 0 Å². The van der Waals surface area contributed by atoms with Gasteiger partial charge in [-0.15, -0.1) is 13.2 Å². The lowest BCUT2D eigenvalue weighted by Crippen LogP contribution is -2.24. The molecule has 1 unspecified atom stereocenters. The molecule has 164 valence electrons. The Kier molecular flexibility index (Phi) is 151. The van der Waals surface area contributed by atoms with Gasteiger partial charge in [0.2, 0.25) is 0 Å². The molecule has 2 N–H and O–H groups in total. The predicted octanol–water partition coefficient (Wildman–Crippen LogP) is 6.05. The Balaban J connectivity index is -0.0000000428. The maximum Gasteiger partial charge on any atom is 0.106 e. The molecule has 0 radical (unpaired) electrons. The maximum absolute atomic E-state index is 8.00. The quantitative estimate of drug-likeness (QED) is 0.398. The van der Waals surface area contributed by atoms with Crippen LogP contribution in [0.3, 0.4) is 0 Å². The molecule has 0 amide bonds. The van der Waals surface area contributed by atoms with Crippen molar-refractivity contribution < 1.29 is 14.6 Å². The van der Waals surface area contributed by atoms with Gasteiger partial charge in [0.05, 0.1) is 0 Å². The summed E-state index contributed by atoms with van der Waals surface area (Å²) in [6, 6.07) is 0.736. The van der Waals surface area contributed by atoms with E-state index in [0.717, 1.165) is 13.2 Å². The molecule has 26 heavy (non-hydrogen) atoms. The molecule has 0 aromatic rings. The van der Waals surface area contributed by atoms with Crippen LogP contribution in [0.25, 0.3) is 0 Å². The van der Waals surface area contributed by atoms with E-state index in [-0.39, 0.29) is 0 Å². The van der Waals surface area contributed by atoms with Crippen molar-refractivity contribution in [2.24, 2.45) is 0 Å². The van der Waals surface area contributed by atoms with Gasteiger partial charge in [0, 0.05) is 27.4 Å². The van der Waals surface area contributed by atoms with Crippen LogP contribution < -0.4 is 5.32 Å². The summed E-state index contributed by atoms with van der Waals surface area (Å²) in [5, 5.41) is 10.4. The Bertz CT molecular complexity index is 165. The number of nitrogens with one attached hydrogen (secondary N) is 1. The second-order valence-electron chi connectivity index (χ2n) is 4.16. The summed E-state index contributed by atoms with van der Waals surface area (Å²) in [5.74, 6) is 0. The molecule has 4 heteroatoms. The number of ether oxygens (including phenoxy) is 1. The van der Waals surface area contributed by atoms with Crippen LogP contribution in [0.5, 0.6) is 0 Å². The van der Waals surface area contributed by atoms with Crippen LogP contribution in [0.4, 0.5) is 0 Å². The predicted molar refractivity (Wildman–Crippen MR) is 123 cm³/mol. The highest BCUT2D eigenvalue weighted by atomic mass is 16.4. The standard InChI is InChI=1S/C11H23N.C3H6.C2H6O.2C2H6.CH4O.CH2O/c1-4-6-7-8-10-11(12-3)9-5-2;2*1-3-2;4*1-2/h4,11-12H,1,5-10H2,2-3H3;3H,1H2,2H3;1-2H3;2*1-2H3;2H,1H3;1H2. The van der Waals surface area contributed by atoms with Gasteiger partial charge in [-0.05, 0) is 39.7 Å². The van der Waals surface area contributed by atoms with Crippen molar-refractivity contribution in [2.75, 3.05) is 28.4 Å². The number of unbranched alkanes of at least 4 members (excludes halogenated alkanes) is 2.